The normalized spacial score (nSPS) is 38.8. The van der Waals surface area contributed by atoms with Crippen LogP contribution in [-0.2, 0) is 57.3 Å². The molecule has 408 valence electrons. The average molecular weight is 1020 g/mol. The van der Waals surface area contributed by atoms with Crippen molar-refractivity contribution in [2.45, 2.75) is 218 Å². The number of halogens is 1. The minimum atomic E-state index is -1.78. The molecule has 6 rings (SSSR count). The highest BCUT2D eigenvalue weighted by Crippen LogP contribution is 2.40. The third-order valence-corrected chi connectivity index (χ3v) is 16.4. The van der Waals surface area contributed by atoms with Crippen molar-refractivity contribution in [1.82, 2.24) is 24.8 Å². The molecule has 1 aromatic heterocycles. The topological polar surface area (TPSA) is 192 Å². The number of aryl methyl sites for hydroxylation is 1. The van der Waals surface area contributed by atoms with Crippen LogP contribution in [0.15, 0.2) is 29.6 Å². The van der Waals surface area contributed by atoms with E-state index in [2.05, 4.69) is 33.5 Å². The Morgan fingerprint density at radius 1 is 0.986 bits per heavy atom. The summed E-state index contributed by atoms with van der Waals surface area (Å²) in [5.74, 6) is -2.31. The van der Waals surface area contributed by atoms with Gasteiger partial charge in [0.05, 0.1) is 59.0 Å². The number of rotatable bonds is 15. The number of methoxy groups -OCH3 is 1. The number of carbonyl (C=O) groups excluding carboxylic acids is 1. The van der Waals surface area contributed by atoms with Gasteiger partial charge in [-0.1, -0.05) is 49.3 Å². The number of hydrogen-bond donors (Lipinski definition) is 3. The number of oxime groups is 1. The number of fused-ring (bicyclic) bond motifs is 1. The zero-order valence-corrected chi connectivity index (χ0v) is 45.8. The summed E-state index contributed by atoms with van der Waals surface area (Å²) >= 11 is 0. The fraction of sp³-hybridized carbons (Fsp3) is 0.815. The van der Waals surface area contributed by atoms with Crippen LogP contribution in [0, 0.1) is 17.8 Å². The predicted molar refractivity (Wildman–Crippen MR) is 271 cm³/mol. The van der Waals surface area contributed by atoms with Gasteiger partial charge in [-0.05, 0) is 118 Å². The Kier molecular flexibility index (Phi) is 19.9. The van der Waals surface area contributed by atoms with E-state index in [4.69, 9.17) is 33.3 Å². The molecular weight excluding hydrogens is 928 g/mol. The van der Waals surface area contributed by atoms with Crippen molar-refractivity contribution >= 4 is 11.7 Å². The van der Waals surface area contributed by atoms with Gasteiger partial charge >= 0.3 is 5.97 Å². The van der Waals surface area contributed by atoms with Crippen LogP contribution in [0.5, 0.6) is 0 Å². The molecule has 3 saturated heterocycles. The SMILES string of the molecule is CC[C@H]1OC(=O)[C@H](C)[C@@H](O[C@H]2C[C@@](C)(OC)C[C@H](C)O2)[C@H](C)[C@@H](O[C@H]2C[C@@H](N(C)CCc3cn([C@H](CF)Cc4ccc5c(c4)CC/C5=N\OC)nn3)C[C@@H](C)O2)[C@](C)(O)C[C@@H](C)CN(C)[C@H](C)[C@@H](O)[C@]1(C)O. The van der Waals surface area contributed by atoms with Gasteiger partial charge in [-0.3, -0.25) is 4.79 Å². The van der Waals surface area contributed by atoms with E-state index in [0.717, 1.165) is 41.8 Å². The lowest BCUT2D eigenvalue weighted by molar-refractivity contribution is -0.292. The largest absolute Gasteiger partial charge is 0.459 e. The summed E-state index contributed by atoms with van der Waals surface area (Å²) in [6, 6.07) is 5.22. The van der Waals surface area contributed by atoms with E-state index in [9.17, 15) is 24.5 Å². The summed E-state index contributed by atoms with van der Waals surface area (Å²) in [7, 11) is 7.17. The molecule has 18 heteroatoms. The van der Waals surface area contributed by atoms with Gasteiger partial charge in [0.2, 0.25) is 0 Å². The maximum absolute atomic E-state index is 14.6. The molecule has 17 atom stereocenters. The number of aliphatic hydroxyl groups excluding tert-OH is 1. The van der Waals surface area contributed by atoms with Gasteiger partial charge in [0.1, 0.15) is 31.6 Å². The molecule has 0 saturated carbocycles. The number of hydrogen-bond acceptors (Lipinski definition) is 16. The van der Waals surface area contributed by atoms with Crippen molar-refractivity contribution in [2.24, 2.45) is 22.9 Å². The molecule has 2 aromatic rings. The van der Waals surface area contributed by atoms with Crippen molar-refractivity contribution in [2.75, 3.05) is 48.1 Å². The summed E-state index contributed by atoms with van der Waals surface area (Å²) in [6.07, 6.45) is 1.42. The molecule has 0 radical (unpaired) electrons. The first-order chi connectivity index (χ1) is 33.9. The smallest absolute Gasteiger partial charge is 0.311 e. The molecule has 3 aliphatic heterocycles. The minimum absolute atomic E-state index is 0.0354. The Morgan fingerprint density at radius 2 is 1.71 bits per heavy atom. The van der Waals surface area contributed by atoms with Crippen molar-refractivity contribution in [3.8, 4) is 0 Å². The molecular formula is C54H89FN6O11. The zero-order valence-electron chi connectivity index (χ0n) is 45.8. The van der Waals surface area contributed by atoms with E-state index in [1.807, 2.05) is 78.7 Å². The van der Waals surface area contributed by atoms with Crippen molar-refractivity contribution in [1.29, 1.82) is 0 Å². The van der Waals surface area contributed by atoms with Crippen molar-refractivity contribution < 1.29 is 57.8 Å². The molecule has 17 nitrogen and oxygen atoms in total. The first-order valence-corrected chi connectivity index (χ1v) is 26.5. The van der Waals surface area contributed by atoms with Crippen LogP contribution in [0.2, 0.25) is 0 Å². The molecule has 1 aromatic carbocycles. The van der Waals surface area contributed by atoms with Crippen LogP contribution in [0.4, 0.5) is 4.39 Å². The molecule has 0 bridgehead atoms. The van der Waals surface area contributed by atoms with Gasteiger partial charge in [-0.2, -0.15) is 0 Å². The van der Waals surface area contributed by atoms with Crippen molar-refractivity contribution in [3.63, 3.8) is 0 Å². The summed E-state index contributed by atoms with van der Waals surface area (Å²) in [5.41, 5.74) is 1.19. The number of ether oxygens (including phenoxy) is 6. The molecule has 1 aliphatic carbocycles. The third-order valence-electron chi connectivity index (χ3n) is 16.4. The summed E-state index contributed by atoms with van der Waals surface area (Å²) in [4.78, 5) is 23.7. The fourth-order valence-electron chi connectivity index (χ4n) is 12.1. The number of aliphatic hydroxyl groups is 3. The standard InChI is InChI=1S/C54H89FN6O11/c1-15-45-54(10,65)49(62)37(7)60(12)30-32(2)26-53(9,64)50(35(5)48(36(6)51(63)70-45)71-47-28-52(8,66-13)27-34(4)69-47)72-46-25-41(22-33(3)68-46)59(11)21-20-40-31-61(58-56-40)42(29-55)24-38-16-18-43-39(23-38)17-19-44(43)57-67-14/h16,18,23,31-37,41-42,45-50,62,64-65H,15,17,19-22,24-30H2,1-14H3/b57-44+/t32-,33-,34+,35+,36-,37-,41+,42+,45-,46+,47+,48+,49-,50-,52+,53-,54-/m1/s1. The Morgan fingerprint density at radius 3 is 2.39 bits per heavy atom. The first kappa shape index (κ1) is 58.1. The molecule has 3 fully saturated rings. The highest BCUT2D eigenvalue weighted by atomic mass is 19.1. The van der Waals surface area contributed by atoms with Gasteiger partial charge in [0.15, 0.2) is 12.6 Å². The number of benzene rings is 1. The van der Waals surface area contributed by atoms with Crippen LogP contribution in [0.1, 0.15) is 143 Å². The average Bonchev–Trinajstić information content (AvgIpc) is 3.97. The highest BCUT2D eigenvalue weighted by Gasteiger charge is 2.51. The Balaban J connectivity index is 1.22. The van der Waals surface area contributed by atoms with E-state index >= 15 is 0 Å². The van der Waals surface area contributed by atoms with Gasteiger partial charge in [-0.15, -0.1) is 5.10 Å². The van der Waals surface area contributed by atoms with Crippen LogP contribution in [0.3, 0.4) is 0 Å². The zero-order chi connectivity index (χ0) is 52.9. The summed E-state index contributed by atoms with van der Waals surface area (Å²) in [6.45, 7) is 19.2. The number of likely N-dealkylation sites (N-methyl/N-ethyl adjacent to an activating group) is 2. The molecule has 72 heavy (non-hydrogen) atoms. The number of alkyl halides is 1. The Labute approximate surface area is 428 Å². The lowest BCUT2D eigenvalue weighted by Gasteiger charge is -2.47. The number of cyclic esters (lactones) is 1. The quantitative estimate of drug-likeness (QED) is 0.135. The molecule has 3 N–H and O–H groups in total. The Hall–Kier alpha value is -3.17. The molecule has 4 aliphatic rings. The number of carbonyl (C=O) groups is 1. The summed E-state index contributed by atoms with van der Waals surface area (Å²) in [5, 5.41) is 49.4. The molecule has 0 unspecified atom stereocenters. The molecule has 0 amide bonds. The second kappa shape index (κ2) is 24.7. The van der Waals surface area contributed by atoms with E-state index < -0.39 is 90.4 Å². The Bertz CT molecular complexity index is 2090. The van der Waals surface area contributed by atoms with E-state index in [0.29, 0.717) is 51.6 Å². The summed E-state index contributed by atoms with van der Waals surface area (Å²) < 4.78 is 55.4. The van der Waals surface area contributed by atoms with Crippen LogP contribution < -0.4 is 0 Å². The maximum atomic E-state index is 14.6. The predicted octanol–water partition coefficient (Wildman–Crippen LogP) is 6.21. The third kappa shape index (κ3) is 14.0. The number of nitrogens with zero attached hydrogens (tertiary/aromatic N) is 6. The number of aromatic nitrogens is 3. The van der Waals surface area contributed by atoms with Gasteiger partial charge in [0, 0.05) is 75.6 Å². The maximum Gasteiger partial charge on any atom is 0.311 e. The minimum Gasteiger partial charge on any atom is -0.459 e. The van der Waals surface area contributed by atoms with E-state index in [-0.39, 0.29) is 30.6 Å². The fourth-order valence-corrected chi connectivity index (χ4v) is 12.1. The van der Waals surface area contributed by atoms with Gasteiger partial charge in [0.25, 0.3) is 0 Å². The lowest BCUT2D eigenvalue weighted by atomic mass is 9.77. The first-order valence-electron chi connectivity index (χ1n) is 26.5. The highest BCUT2D eigenvalue weighted by molar-refractivity contribution is 6.04. The van der Waals surface area contributed by atoms with E-state index in [1.165, 1.54) is 12.5 Å². The van der Waals surface area contributed by atoms with Crippen LogP contribution in [-0.4, -0.2) is 178 Å². The van der Waals surface area contributed by atoms with Crippen LogP contribution >= 0.6 is 0 Å². The van der Waals surface area contributed by atoms with Gasteiger partial charge in [-0.25, -0.2) is 9.07 Å². The monoisotopic (exact) mass is 1020 g/mol. The lowest BCUT2D eigenvalue weighted by Crippen LogP contribution is -2.59. The number of esters is 1. The molecule has 4 heterocycles. The van der Waals surface area contributed by atoms with E-state index in [1.54, 1.807) is 32.7 Å². The molecule has 0 spiro atoms. The second-order valence-corrected chi connectivity index (χ2v) is 22.7. The van der Waals surface area contributed by atoms with Crippen molar-refractivity contribution in [3.05, 3.63) is 46.8 Å². The second-order valence-electron chi connectivity index (χ2n) is 22.7. The van der Waals surface area contributed by atoms with Crippen LogP contribution in [0.25, 0.3) is 0 Å². The van der Waals surface area contributed by atoms with Gasteiger partial charge < -0.3 is 58.4 Å².